The average Bonchev–Trinajstić information content (AvgIpc) is 3.18. The second kappa shape index (κ2) is 8.54. The quantitative estimate of drug-likeness (QED) is 0.677. The minimum atomic E-state index is -0.763. The number of piperidine rings is 1. The van der Waals surface area contributed by atoms with Crippen molar-refractivity contribution in [2.24, 2.45) is 23.7 Å². The zero-order valence-electron chi connectivity index (χ0n) is 18.6. The molecule has 2 fully saturated rings. The summed E-state index contributed by atoms with van der Waals surface area (Å²) in [6.07, 6.45) is 0.0646. The maximum Gasteiger partial charge on any atom is 0.407 e. The molecule has 172 valence electrons. The Kier molecular flexibility index (Phi) is 5.56. The fraction of sp³-hybridized carbons (Fsp3) is 0.423. The Morgan fingerprint density at radius 2 is 1.61 bits per heavy atom. The first-order chi connectivity index (χ1) is 16.0. The van der Waals surface area contributed by atoms with Gasteiger partial charge < -0.3 is 20.1 Å². The number of rotatable bonds is 7. The van der Waals surface area contributed by atoms with Crippen LogP contribution in [0.5, 0.6) is 0 Å². The molecule has 1 heterocycles. The summed E-state index contributed by atoms with van der Waals surface area (Å²) in [6, 6.07) is 16.3. The molecule has 1 saturated carbocycles. The number of ether oxygens (including phenoxy) is 1. The van der Waals surface area contributed by atoms with Gasteiger partial charge in [0.1, 0.15) is 6.61 Å². The normalized spacial score (nSPS) is 23.3. The van der Waals surface area contributed by atoms with E-state index in [1.807, 2.05) is 31.2 Å². The summed E-state index contributed by atoms with van der Waals surface area (Å²) in [5.74, 6) is -1.27. The third-order valence-corrected chi connectivity index (χ3v) is 7.47. The van der Waals surface area contributed by atoms with Gasteiger partial charge in [0.2, 0.25) is 5.91 Å². The molecule has 0 radical (unpaired) electrons. The van der Waals surface area contributed by atoms with Crippen LogP contribution < -0.4 is 5.32 Å². The number of aliphatic carboxylic acids is 1. The molecule has 33 heavy (non-hydrogen) atoms. The Morgan fingerprint density at radius 3 is 2.15 bits per heavy atom. The zero-order valence-corrected chi connectivity index (χ0v) is 18.6. The minimum Gasteiger partial charge on any atom is -0.481 e. The van der Waals surface area contributed by atoms with Gasteiger partial charge >= 0.3 is 12.1 Å². The average molecular weight is 449 g/mol. The minimum absolute atomic E-state index is 0.00902. The summed E-state index contributed by atoms with van der Waals surface area (Å²) < 4.78 is 5.56. The highest BCUT2D eigenvalue weighted by Crippen LogP contribution is 2.52. The number of nitrogens with one attached hydrogen (secondary N) is 1. The van der Waals surface area contributed by atoms with Gasteiger partial charge in [0.25, 0.3) is 0 Å². The van der Waals surface area contributed by atoms with Crippen molar-refractivity contribution in [2.75, 3.05) is 26.2 Å². The zero-order chi connectivity index (χ0) is 23.1. The molecule has 2 aliphatic carbocycles. The molecule has 2 aromatic carbocycles. The summed E-state index contributed by atoms with van der Waals surface area (Å²) in [4.78, 5) is 38.2. The molecule has 0 aromatic heterocycles. The largest absolute Gasteiger partial charge is 0.481 e. The molecular formula is C26H28N2O5. The van der Waals surface area contributed by atoms with E-state index >= 15 is 0 Å². The molecule has 0 bridgehead atoms. The first-order valence-corrected chi connectivity index (χ1v) is 11.6. The molecule has 2 amide bonds. The Hall–Kier alpha value is -3.35. The van der Waals surface area contributed by atoms with Crippen LogP contribution in [-0.2, 0) is 14.3 Å². The highest BCUT2D eigenvalue weighted by molar-refractivity contribution is 5.82. The van der Waals surface area contributed by atoms with Crippen LogP contribution in [0.1, 0.15) is 30.4 Å². The van der Waals surface area contributed by atoms with Gasteiger partial charge in [-0.25, -0.2) is 4.79 Å². The van der Waals surface area contributed by atoms with Gasteiger partial charge in [-0.3, -0.25) is 9.59 Å². The molecule has 2 N–H and O–H groups in total. The number of benzene rings is 2. The number of alkyl carbamates (subject to hydrolysis) is 1. The number of nitrogens with zero attached hydrogens (tertiary/aromatic N) is 1. The van der Waals surface area contributed by atoms with E-state index in [1.165, 1.54) is 11.1 Å². The van der Waals surface area contributed by atoms with E-state index in [4.69, 9.17) is 9.84 Å². The van der Waals surface area contributed by atoms with Crippen LogP contribution in [0.25, 0.3) is 11.1 Å². The summed E-state index contributed by atoms with van der Waals surface area (Å²) in [5.41, 5.74) is 4.65. The molecule has 7 heteroatoms. The van der Waals surface area contributed by atoms with Crippen molar-refractivity contribution in [2.45, 2.75) is 19.3 Å². The van der Waals surface area contributed by atoms with Crippen LogP contribution >= 0.6 is 0 Å². The number of carboxylic acid groups (broad SMARTS) is 1. The molecule has 2 aromatic rings. The maximum atomic E-state index is 12.9. The van der Waals surface area contributed by atoms with Crippen molar-refractivity contribution in [1.82, 2.24) is 10.2 Å². The van der Waals surface area contributed by atoms with E-state index in [0.717, 1.165) is 11.1 Å². The van der Waals surface area contributed by atoms with Gasteiger partial charge in [0.15, 0.2) is 0 Å². The van der Waals surface area contributed by atoms with Crippen LogP contribution in [0.4, 0.5) is 4.79 Å². The number of amides is 2. The van der Waals surface area contributed by atoms with Crippen LogP contribution in [0.2, 0.25) is 0 Å². The van der Waals surface area contributed by atoms with Crippen molar-refractivity contribution in [3.8, 4) is 11.1 Å². The molecule has 0 spiro atoms. The van der Waals surface area contributed by atoms with Gasteiger partial charge in [0.05, 0.1) is 11.8 Å². The fourth-order valence-corrected chi connectivity index (χ4v) is 5.59. The van der Waals surface area contributed by atoms with E-state index in [0.29, 0.717) is 19.5 Å². The summed E-state index contributed by atoms with van der Waals surface area (Å²) in [5, 5.41) is 11.9. The summed E-state index contributed by atoms with van der Waals surface area (Å²) >= 11 is 0. The van der Waals surface area contributed by atoms with Gasteiger partial charge in [-0.15, -0.1) is 0 Å². The lowest BCUT2D eigenvalue weighted by Crippen LogP contribution is -2.42. The highest BCUT2D eigenvalue weighted by Gasteiger charge is 2.60. The standard InChI is InChI=1S/C26H28N2O5/c1-2-15(24(29)28-12-20-21(13-28)23(20)25(30)31)11-27-26(32)33-14-22-18-9-5-3-7-16(18)17-8-4-6-10-19(17)22/h3-10,15,20-23H,2,11-14H2,1H3,(H,27,32)(H,30,31)/t15?,20-,21+,23?. The first kappa shape index (κ1) is 21.5. The Labute approximate surface area is 192 Å². The Morgan fingerprint density at radius 1 is 1.03 bits per heavy atom. The van der Waals surface area contributed by atoms with E-state index in [1.54, 1.807) is 4.90 Å². The topological polar surface area (TPSA) is 95.9 Å². The number of carboxylic acids is 1. The van der Waals surface area contributed by atoms with Crippen LogP contribution in [-0.4, -0.2) is 54.2 Å². The Balaban J connectivity index is 1.14. The summed E-state index contributed by atoms with van der Waals surface area (Å²) in [6.45, 7) is 3.36. The van der Waals surface area contributed by atoms with Gasteiger partial charge in [0, 0.05) is 25.6 Å². The molecule has 1 saturated heterocycles. The van der Waals surface area contributed by atoms with Gasteiger partial charge in [-0.2, -0.15) is 0 Å². The third kappa shape index (κ3) is 3.86. The molecule has 3 aliphatic rings. The second-order valence-corrected chi connectivity index (χ2v) is 9.25. The van der Waals surface area contributed by atoms with Crippen molar-refractivity contribution in [3.05, 3.63) is 59.7 Å². The predicted octanol–water partition coefficient (Wildman–Crippen LogP) is 3.34. The predicted molar refractivity (Wildman–Crippen MR) is 122 cm³/mol. The number of carbonyl (C=O) groups is 3. The number of likely N-dealkylation sites (tertiary alicyclic amines) is 1. The maximum absolute atomic E-state index is 12.9. The Bertz CT molecular complexity index is 1040. The van der Waals surface area contributed by atoms with Crippen LogP contribution in [0.3, 0.4) is 0 Å². The van der Waals surface area contributed by atoms with E-state index < -0.39 is 12.1 Å². The molecule has 2 unspecified atom stereocenters. The van der Waals surface area contributed by atoms with E-state index in [-0.39, 0.29) is 48.6 Å². The lowest BCUT2D eigenvalue weighted by molar-refractivity contribution is -0.141. The number of fused-ring (bicyclic) bond motifs is 4. The third-order valence-electron chi connectivity index (χ3n) is 7.47. The van der Waals surface area contributed by atoms with Gasteiger partial charge in [-0.05, 0) is 40.5 Å². The number of hydrogen-bond donors (Lipinski definition) is 2. The summed E-state index contributed by atoms with van der Waals surface area (Å²) in [7, 11) is 0. The molecule has 1 aliphatic heterocycles. The molecule has 7 nitrogen and oxygen atoms in total. The van der Waals surface area contributed by atoms with Crippen LogP contribution in [0, 0.1) is 23.7 Å². The van der Waals surface area contributed by atoms with Crippen molar-refractivity contribution >= 4 is 18.0 Å². The SMILES string of the molecule is CCC(CNC(=O)OCC1c2ccccc2-c2ccccc21)C(=O)N1C[C@@H]2C(C(=O)O)[C@@H]2C1. The van der Waals surface area contributed by atoms with Crippen molar-refractivity contribution < 1.29 is 24.2 Å². The first-order valence-electron chi connectivity index (χ1n) is 11.6. The molecular weight excluding hydrogens is 420 g/mol. The van der Waals surface area contributed by atoms with Crippen LogP contribution in [0.15, 0.2) is 48.5 Å². The van der Waals surface area contributed by atoms with Crippen molar-refractivity contribution in [3.63, 3.8) is 0 Å². The molecule has 4 atom stereocenters. The smallest absolute Gasteiger partial charge is 0.407 e. The monoisotopic (exact) mass is 448 g/mol. The number of hydrogen-bond acceptors (Lipinski definition) is 4. The molecule has 5 rings (SSSR count). The van der Waals surface area contributed by atoms with E-state index in [2.05, 4.69) is 29.6 Å². The number of carbonyl (C=O) groups excluding carboxylic acids is 2. The highest BCUT2D eigenvalue weighted by atomic mass is 16.5. The van der Waals surface area contributed by atoms with E-state index in [9.17, 15) is 14.4 Å². The van der Waals surface area contributed by atoms with Gasteiger partial charge in [-0.1, -0.05) is 55.5 Å². The fourth-order valence-electron chi connectivity index (χ4n) is 5.59. The van der Waals surface area contributed by atoms with Crippen molar-refractivity contribution in [1.29, 1.82) is 0 Å². The lowest BCUT2D eigenvalue weighted by atomic mass is 9.98. The lowest BCUT2D eigenvalue weighted by Gasteiger charge is -2.24. The second-order valence-electron chi connectivity index (χ2n) is 9.25.